The lowest BCUT2D eigenvalue weighted by Crippen LogP contribution is -2.17. The summed E-state index contributed by atoms with van der Waals surface area (Å²) in [6, 6.07) is 5.30. The van der Waals surface area contributed by atoms with Crippen molar-refractivity contribution < 1.29 is 9.47 Å². The first-order chi connectivity index (χ1) is 6.27. The van der Waals surface area contributed by atoms with E-state index in [2.05, 4.69) is 4.98 Å². The number of nitrogens with two attached hydrogens (primary N) is 1. The predicted molar refractivity (Wildman–Crippen MR) is 49.6 cm³/mol. The Morgan fingerprint density at radius 3 is 2.85 bits per heavy atom. The van der Waals surface area contributed by atoms with Crippen molar-refractivity contribution in [1.29, 1.82) is 0 Å². The van der Waals surface area contributed by atoms with Crippen molar-refractivity contribution in [2.75, 3.05) is 20.8 Å². The molecule has 0 spiro atoms. The number of methoxy groups -OCH3 is 2. The number of nitrogens with zero attached hydrogens (tertiary/aromatic N) is 1. The van der Waals surface area contributed by atoms with Crippen molar-refractivity contribution in [1.82, 2.24) is 4.98 Å². The van der Waals surface area contributed by atoms with Crippen LogP contribution < -0.4 is 10.5 Å². The fourth-order valence-electron chi connectivity index (χ4n) is 1.02. The van der Waals surface area contributed by atoms with Crippen LogP contribution in [0.4, 0.5) is 0 Å². The Labute approximate surface area is 77.7 Å². The molecule has 4 nitrogen and oxygen atoms in total. The second kappa shape index (κ2) is 4.79. The van der Waals surface area contributed by atoms with Crippen LogP contribution in [0.1, 0.15) is 11.7 Å². The number of ether oxygens (including phenoxy) is 2. The highest BCUT2D eigenvalue weighted by atomic mass is 16.5. The molecule has 0 aromatic carbocycles. The highest BCUT2D eigenvalue weighted by Crippen LogP contribution is 2.12. The van der Waals surface area contributed by atoms with E-state index in [-0.39, 0.29) is 6.04 Å². The number of pyridine rings is 1. The maximum Gasteiger partial charge on any atom is 0.213 e. The maximum atomic E-state index is 5.79. The summed E-state index contributed by atoms with van der Waals surface area (Å²) < 4.78 is 9.90. The van der Waals surface area contributed by atoms with Crippen LogP contribution in [-0.2, 0) is 4.74 Å². The fourth-order valence-corrected chi connectivity index (χ4v) is 1.02. The first kappa shape index (κ1) is 9.95. The lowest BCUT2D eigenvalue weighted by Gasteiger charge is -2.10. The van der Waals surface area contributed by atoms with Gasteiger partial charge in [-0.2, -0.15) is 0 Å². The largest absolute Gasteiger partial charge is 0.481 e. The summed E-state index contributed by atoms with van der Waals surface area (Å²) in [5, 5.41) is 0. The Hall–Kier alpha value is -1.13. The third kappa shape index (κ3) is 2.68. The van der Waals surface area contributed by atoms with Gasteiger partial charge in [0.1, 0.15) is 0 Å². The van der Waals surface area contributed by atoms with Crippen molar-refractivity contribution in [2.24, 2.45) is 5.73 Å². The van der Waals surface area contributed by atoms with Crippen LogP contribution in [0.2, 0.25) is 0 Å². The van der Waals surface area contributed by atoms with E-state index in [1.807, 2.05) is 12.1 Å². The minimum Gasteiger partial charge on any atom is -0.481 e. The lowest BCUT2D eigenvalue weighted by atomic mass is 10.2. The quantitative estimate of drug-likeness (QED) is 0.746. The molecule has 0 amide bonds. The second-order valence-corrected chi connectivity index (χ2v) is 2.67. The molecule has 0 fully saturated rings. The highest BCUT2D eigenvalue weighted by molar-refractivity contribution is 5.17. The van der Waals surface area contributed by atoms with Gasteiger partial charge in [-0.15, -0.1) is 0 Å². The minimum absolute atomic E-state index is 0.194. The van der Waals surface area contributed by atoms with E-state index >= 15 is 0 Å². The standard InChI is InChI=1S/C9H14N2O2/c1-12-6-7(10)8-4-3-5-9(11-8)13-2/h3-5,7H,6,10H2,1-2H3. The zero-order valence-electron chi connectivity index (χ0n) is 7.86. The van der Waals surface area contributed by atoms with Gasteiger partial charge in [0.2, 0.25) is 5.88 Å². The molecule has 1 unspecified atom stereocenters. The van der Waals surface area contributed by atoms with Crippen LogP contribution in [0, 0.1) is 0 Å². The molecule has 1 aromatic heterocycles. The van der Waals surface area contributed by atoms with E-state index in [1.54, 1.807) is 20.3 Å². The van der Waals surface area contributed by atoms with Gasteiger partial charge >= 0.3 is 0 Å². The SMILES string of the molecule is COCC(N)c1cccc(OC)n1. The first-order valence-electron chi connectivity index (χ1n) is 4.03. The molecule has 1 atom stereocenters. The van der Waals surface area contributed by atoms with Gasteiger partial charge in [0.05, 0.1) is 25.5 Å². The zero-order valence-corrected chi connectivity index (χ0v) is 7.86. The summed E-state index contributed by atoms with van der Waals surface area (Å²) in [6.07, 6.45) is 0. The van der Waals surface area contributed by atoms with E-state index < -0.39 is 0 Å². The molecule has 0 saturated carbocycles. The molecule has 72 valence electrons. The van der Waals surface area contributed by atoms with Gasteiger partial charge in [0.15, 0.2) is 0 Å². The van der Waals surface area contributed by atoms with Gasteiger partial charge in [-0.3, -0.25) is 0 Å². The number of hydrogen-bond donors (Lipinski definition) is 1. The van der Waals surface area contributed by atoms with Crippen LogP contribution in [-0.4, -0.2) is 25.8 Å². The maximum absolute atomic E-state index is 5.79. The van der Waals surface area contributed by atoms with Crippen LogP contribution in [0.25, 0.3) is 0 Å². The smallest absolute Gasteiger partial charge is 0.213 e. The van der Waals surface area contributed by atoms with Gasteiger partial charge in [-0.05, 0) is 6.07 Å². The molecular weight excluding hydrogens is 168 g/mol. The van der Waals surface area contributed by atoms with Gasteiger partial charge in [0, 0.05) is 13.2 Å². The number of aromatic nitrogens is 1. The molecule has 0 aliphatic rings. The Morgan fingerprint density at radius 1 is 1.46 bits per heavy atom. The summed E-state index contributed by atoms with van der Waals surface area (Å²) in [7, 11) is 3.19. The van der Waals surface area contributed by atoms with E-state index in [0.29, 0.717) is 12.5 Å². The average Bonchev–Trinajstić information content (AvgIpc) is 2.18. The number of rotatable bonds is 4. The topological polar surface area (TPSA) is 57.4 Å². The lowest BCUT2D eigenvalue weighted by molar-refractivity contribution is 0.179. The number of hydrogen-bond acceptors (Lipinski definition) is 4. The Bertz CT molecular complexity index is 266. The predicted octanol–water partition coefficient (Wildman–Crippen LogP) is 0.736. The summed E-state index contributed by atoms with van der Waals surface area (Å²) >= 11 is 0. The van der Waals surface area contributed by atoms with E-state index in [1.165, 1.54) is 0 Å². The molecule has 1 heterocycles. The van der Waals surface area contributed by atoms with Crippen molar-refractivity contribution >= 4 is 0 Å². The van der Waals surface area contributed by atoms with Gasteiger partial charge in [-0.1, -0.05) is 6.07 Å². The minimum atomic E-state index is -0.194. The molecule has 1 aromatic rings. The van der Waals surface area contributed by atoms with E-state index in [4.69, 9.17) is 15.2 Å². The van der Waals surface area contributed by atoms with Crippen LogP contribution in [0.3, 0.4) is 0 Å². The summed E-state index contributed by atoms with van der Waals surface area (Å²) in [6.45, 7) is 0.458. The van der Waals surface area contributed by atoms with Crippen molar-refractivity contribution in [3.05, 3.63) is 23.9 Å². The molecule has 0 aliphatic carbocycles. The Morgan fingerprint density at radius 2 is 2.23 bits per heavy atom. The summed E-state index contributed by atoms with van der Waals surface area (Å²) in [4.78, 5) is 4.18. The molecule has 4 heteroatoms. The fraction of sp³-hybridized carbons (Fsp3) is 0.444. The molecule has 0 radical (unpaired) electrons. The summed E-state index contributed by atoms with van der Waals surface area (Å²) in [5.41, 5.74) is 6.56. The van der Waals surface area contributed by atoms with Crippen LogP contribution in [0.15, 0.2) is 18.2 Å². The molecule has 1 rings (SSSR count). The van der Waals surface area contributed by atoms with Crippen molar-refractivity contribution in [3.8, 4) is 5.88 Å². The highest BCUT2D eigenvalue weighted by Gasteiger charge is 2.07. The summed E-state index contributed by atoms with van der Waals surface area (Å²) in [5.74, 6) is 0.573. The third-order valence-electron chi connectivity index (χ3n) is 1.68. The van der Waals surface area contributed by atoms with Gasteiger partial charge in [-0.25, -0.2) is 4.98 Å². The Kier molecular flexibility index (Phi) is 3.67. The first-order valence-corrected chi connectivity index (χ1v) is 4.03. The van der Waals surface area contributed by atoms with Crippen LogP contribution >= 0.6 is 0 Å². The average molecular weight is 182 g/mol. The van der Waals surface area contributed by atoms with Gasteiger partial charge in [0.25, 0.3) is 0 Å². The molecule has 0 bridgehead atoms. The zero-order chi connectivity index (χ0) is 9.68. The second-order valence-electron chi connectivity index (χ2n) is 2.67. The molecule has 0 saturated heterocycles. The van der Waals surface area contributed by atoms with Crippen LogP contribution in [0.5, 0.6) is 5.88 Å². The monoisotopic (exact) mass is 182 g/mol. The normalized spacial score (nSPS) is 12.5. The van der Waals surface area contributed by atoms with E-state index in [0.717, 1.165) is 5.69 Å². The molecule has 13 heavy (non-hydrogen) atoms. The molecular formula is C9H14N2O2. The molecule has 2 N–H and O–H groups in total. The Balaban J connectivity index is 2.75. The van der Waals surface area contributed by atoms with Gasteiger partial charge < -0.3 is 15.2 Å². The molecule has 0 aliphatic heterocycles. The van der Waals surface area contributed by atoms with E-state index in [9.17, 15) is 0 Å². The van der Waals surface area contributed by atoms with Crippen molar-refractivity contribution in [3.63, 3.8) is 0 Å². The third-order valence-corrected chi connectivity index (χ3v) is 1.68. The van der Waals surface area contributed by atoms with Crippen molar-refractivity contribution in [2.45, 2.75) is 6.04 Å².